The summed E-state index contributed by atoms with van der Waals surface area (Å²) in [6.07, 6.45) is -0.903. The fourth-order valence-electron chi connectivity index (χ4n) is 4.19. The molecule has 3 aromatic carbocycles. The number of hydroxylamine groups is 1. The highest BCUT2D eigenvalue weighted by molar-refractivity contribution is 6.31. The van der Waals surface area contributed by atoms with Gasteiger partial charge in [-0.15, -0.1) is 0 Å². The second-order valence-electron chi connectivity index (χ2n) is 7.53. The summed E-state index contributed by atoms with van der Waals surface area (Å²) >= 11 is 6.51. The minimum atomic E-state index is -0.903. The number of hydrogen-bond donors (Lipinski definition) is 0. The van der Waals surface area contributed by atoms with Gasteiger partial charge in [-0.2, -0.15) is 0 Å². The molecule has 30 heavy (non-hydrogen) atoms. The van der Waals surface area contributed by atoms with E-state index in [-0.39, 0.29) is 11.8 Å². The first-order valence-corrected chi connectivity index (χ1v) is 10.1. The molecule has 150 valence electrons. The van der Waals surface area contributed by atoms with E-state index in [1.807, 2.05) is 67.6 Å². The summed E-state index contributed by atoms with van der Waals surface area (Å²) < 4.78 is 0. The molecule has 6 heteroatoms. The molecule has 3 atom stereocenters. The minimum absolute atomic E-state index is 0.280. The van der Waals surface area contributed by atoms with Gasteiger partial charge in [0.15, 0.2) is 6.10 Å². The molecule has 0 saturated carbocycles. The van der Waals surface area contributed by atoms with Crippen molar-refractivity contribution < 1.29 is 14.4 Å². The van der Waals surface area contributed by atoms with Crippen molar-refractivity contribution in [2.45, 2.75) is 19.1 Å². The number of para-hydroxylation sites is 1. The zero-order valence-electron chi connectivity index (χ0n) is 16.2. The Morgan fingerprint density at radius 3 is 2.17 bits per heavy atom. The second-order valence-corrected chi connectivity index (χ2v) is 7.93. The molecule has 0 unspecified atom stereocenters. The van der Waals surface area contributed by atoms with Crippen LogP contribution in [0.15, 0.2) is 78.9 Å². The van der Waals surface area contributed by atoms with Crippen molar-refractivity contribution >= 4 is 34.8 Å². The second kappa shape index (κ2) is 7.27. The van der Waals surface area contributed by atoms with E-state index in [0.29, 0.717) is 10.7 Å². The van der Waals surface area contributed by atoms with Gasteiger partial charge in [-0.3, -0.25) is 14.4 Å². The van der Waals surface area contributed by atoms with Gasteiger partial charge in [0.2, 0.25) is 5.91 Å². The summed E-state index contributed by atoms with van der Waals surface area (Å²) in [7, 11) is 0. The Balaban J connectivity index is 1.60. The van der Waals surface area contributed by atoms with Crippen LogP contribution < -0.4 is 9.96 Å². The van der Waals surface area contributed by atoms with Crippen LogP contribution in [0.3, 0.4) is 0 Å². The van der Waals surface area contributed by atoms with Crippen molar-refractivity contribution in [2.24, 2.45) is 5.92 Å². The van der Waals surface area contributed by atoms with E-state index in [9.17, 15) is 9.59 Å². The maximum atomic E-state index is 13.5. The van der Waals surface area contributed by atoms with E-state index in [0.717, 1.165) is 16.8 Å². The molecule has 0 radical (unpaired) electrons. The molecule has 2 heterocycles. The molecule has 3 aromatic rings. The highest BCUT2D eigenvalue weighted by atomic mass is 35.5. The first-order valence-electron chi connectivity index (χ1n) is 9.76. The Bertz CT molecular complexity index is 1120. The van der Waals surface area contributed by atoms with Gasteiger partial charge >= 0.3 is 0 Å². The Kier molecular flexibility index (Phi) is 4.57. The third kappa shape index (κ3) is 2.90. The highest BCUT2D eigenvalue weighted by Gasteiger charge is 2.60. The molecule has 2 fully saturated rings. The number of anilines is 2. The largest absolute Gasteiger partial charge is 0.273 e. The molecular weight excluding hydrogens is 400 g/mol. The zero-order chi connectivity index (χ0) is 20.8. The van der Waals surface area contributed by atoms with Crippen LogP contribution in [0.2, 0.25) is 5.02 Å². The van der Waals surface area contributed by atoms with E-state index in [4.69, 9.17) is 16.4 Å². The van der Waals surface area contributed by atoms with Crippen molar-refractivity contribution in [2.75, 3.05) is 9.96 Å². The molecule has 2 aliphatic heterocycles. The van der Waals surface area contributed by atoms with Crippen LogP contribution in [-0.4, -0.2) is 17.9 Å². The van der Waals surface area contributed by atoms with Crippen molar-refractivity contribution in [3.05, 3.63) is 95.0 Å². The average molecular weight is 419 g/mol. The fourth-order valence-corrected chi connectivity index (χ4v) is 4.44. The van der Waals surface area contributed by atoms with Crippen molar-refractivity contribution in [3.63, 3.8) is 0 Å². The number of carbonyl (C=O) groups excluding carboxylic acids is 2. The van der Waals surface area contributed by atoms with Crippen LogP contribution in [0, 0.1) is 12.8 Å². The van der Waals surface area contributed by atoms with Gasteiger partial charge in [-0.1, -0.05) is 65.7 Å². The SMILES string of the molecule is Cc1ccc(N2C(=O)[C@H]3[C@H](ON(c4ccccc4)[C@@H]3c3ccccc3Cl)C2=O)cc1. The Labute approximate surface area is 179 Å². The standard InChI is InChI=1S/C24H19ClN2O3/c1-15-11-13-16(14-12-15)26-23(28)20-21(18-9-5-6-10-19(18)25)27(30-22(20)24(26)29)17-7-3-2-4-8-17/h2-14,20-22H,1H3/t20-,21-,22+/m1/s1. The van der Waals surface area contributed by atoms with Gasteiger partial charge < -0.3 is 0 Å². The van der Waals surface area contributed by atoms with Crippen molar-refractivity contribution in [1.29, 1.82) is 0 Å². The van der Waals surface area contributed by atoms with Crippen LogP contribution >= 0.6 is 11.6 Å². The van der Waals surface area contributed by atoms with Crippen LogP contribution in [0.1, 0.15) is 17.2 Å². The predicted octanol–water partition coefficient (Wildman–Crippen LogP) is 4.70. The third-order valence-electron chi connectivity index (χ3n) is 5.64. The fraction of sp³-hybridized carbons (Fsp3) is 0.167. The van der Waals surface area contributed by atoms with Crippen LogP contribution in [0.5, 0.6) is 0 Å². The summed E-state index contributed by atoms with van der Waals surface area (Å²) in [4.78, 5) is 34.1. The first-order chi connectivity index (χ1) is 14.6. The van der Waals surface area contributed by atoms with Gasteiger partial charge in [0.05, 0.1) is 17.4 Å². The maximum absolute atomic E-state index is 13.5. The van der Waals surface area contributed by atoms with Gasteiger partial charge in [-0.05, 0) is 42.8 Å². The van der Waals surface area contributed by atoms with E-state index in [1.165, 1.54) is 4.90 Å². The maximum Gasteiger partial charge on any atom is 0.266 e. The summed E-state index contributed by atoms with van der Waals surface area (Å²) in [5.41, 5.74) is 3.12. The van der Waals surface area contributed by atoms with Gasteiger partial charge in [0.1, 0.15) is 5.92 Å². The first kappa shape index (κ1) is 18.9. The molecule has 0 bridgehead atoms. The molecule has 0 spiro atoms. The normalized spacial score (nSPS) is 23.2. The molecule has 2 saturated heterocycles. The topological polar surface area (TPSA) is 49.9 Å². The van der Waals surface area contributed by atoms with E-state index in [2.05, 4.69) is 0 Å². The third-order valence-corrected chi connectivity index (χ3v) is 5.99. The smallest absolute Gasteiger partial charge is 0.266 e. The molecule has 2 aliphatic rings. The van der Waals surface area contributed by atoms with E-state index >= 15 is 0 Å². The molecule has 0 aliphatic carbocycles. The Morgan fingerprint density at radius 2 is 1.47 bits per heavy atom. The molecule has 5 rings (SSSR count). The monoisotopic (exact) mass is 418 g/mol. The molecule has 0 aromatic heterocycles. The lowest BCUT2D eigenvalue weighted by molar-refractivity contribution is -0.126. The quantitative estimate of drug-likeness (QED) is 0.578. The highest BCUT2D eigenvalue weighted by Crippen LogP contribution is 2.48. The summed E-state index contributed by atoms with van der Waals surface area (Å²) in [5, 5.41) is 2.18. The molecule has 0 N–H and O–H groups in total. The Morgan fingerprint density at radius 1 is 0.800 bits per heavy atom. The number of carbonyl (C=O) groups is 2. The van der Waals surface area contributed by atoms with Gasteiger partial charge in [-0.25, -0.2) is 9.96 Å². The number of nitrogens with zero attached hydrogens (tertiary/aromatic N) is 2. The van der Waals surface area contributed by atoms with Crippen LogP contribution in [0.4, 0.5) is 11.4 Å². The number of hydrogen-bond acceptors (Lipinski definition) is 4. The summed E-state index contributed by atoms with van der Waals surface area (Å²) in [6, 6.07) is 23.6. The lowest BCUT2D eigenvalue weighted by Crippen LogP contribution is -2.37. The minimum Gasteiger partial charge on any atom is -0.273 e. The summed E-state index contributed by atoms with van der Waals surface area (Å²) in [6.45, 7) is 1.96. The lowest BCUT2D eigenvalue weighted by Gasteiger charge is -2.29. The number of amides is 2. The summed E-state index contributed by atoms with van der Waals surface area (Å²) in [5.74, 6) is -1.33. The van der Waals surface area contributed by atoms with Gasteiger partial charge in [0, 0.05) is 5.02 Å². The zero-order valence-corrected chi connectivity index (χ0v) is 17.0. The van der Waals surface area contributed by atoms with Crippen LogP contribution in [-0.2, 0) is 14.4 Å². The van der Waals surface area contributed by atoms with E-state index in [1.54, 1.807) is 23.3 Å². The molecular formula is C24H19ClN2O3. The van der Waals surface area contributed by atoms with Crippen molar-refractivity contribution in [3.8, 4) is 0 Å². The Hall–Kier alpha value is -3.15. The lowest BCUT2D eigenvalue weighted by atomic mass is 9.90. The van der Waals surface area contributed by atoms with Crippen molar-refractivity contribution in [1.82, 2.24) is 0 Å². The van der Waals surface area contributed by atoms with E-state index < -0.39 is 18.1 Å². The predicted molar refractivity (Wildman–Crippen MR) is 115 cm³/mol. The van der Waals surface area contributed by atoms with Crippen LogP contribution in [0.25, 0.3) is 0 Å². The number of rotatable bonds is 3. The number of fused-ring (bicyclic) bond motifs is 1. The average Bonchev–Trinajstić information content (AvgIpc) is 3.26. The van der Waals surface area contributed by atoms with Gasteiger partial charge in [0.25, 0.3) is 5.91 Å². The molecule has 2 amide bonds. The number of imide groups is 1. The number of halogens is 1. The molecule has 5 nitrogen and oxygen atoms in total. The number of benzene rings is 3. The number of aryl methyl sites for hydroxylation is 1.